The molecular formula is C8H11ClN2S. The van der Waals surface area contributed by atoms with Gasteiger partial charge in [-0.3, -0.25) is 0 Å². The highest BCUT2D eigenvalue weighted by Gasteiger charge is 1.99. The molecule has 2 N–H and O–H groups in total. The van der Waals surface area contributed by atoms with Crippen molar-refractivity contribution < 1.29 is 0 Å². The lowest BCUT2D eigenvalue weighted by Crippen LogP contribution is -1.80. The first-order chi connectivity index (χ1) is 5.74. The van der Waals surface area contributed by atoms with Gasteiger partial charge in [0.15, 0.2) is 5.13 Å². The first-order valence-corrected chi connectivity index (χ1v) is 5.04. The van der Waals surface area contributed by atoms with E-state index in [0.717, 1.165) is 17.0 Å². The summed E-state index contributed by atoms with van der Waals surface area (Å²) >= 11 is 7.03. The van der Waals surface area contributed by atoms with Gasteiger partial charge >= 0.3 is 0 Å². The third kappa shape index (κ3) is 2.50. The highest BCUT2D eigenvalue weighted by Crippen LogP contribution is 2.20. The van der Waals surface area contributed by atoms with Crippen LogP contribution in [-0.4, -0.2) is 10.9 Å². The van der Waals surface area contributed by atoms with Crippen molar-refractivity contribution in [3.05, 3.63) is 16.6 Å². The first kappa shape index (κ1) is 9.55. The molecule has 66 valence electrons. The highest BCUT2D eigenvalue weighted by molar-refractivity contribution is 7.16. The summed E-state index contributed by atoms with van der Waals surface area (Å²) in [5.41, 5.74) is 6.52. The second-order valence-corrected chi connectivity index (χ2v) is 3.82. The van der Waals surface area contributed by atoms with Gasteiger partial charge in [0.1, 0.15) is 0 Å². The van der Waals surface area contributed by atoms with Crippen LogP contribution in [0.2, 0.25) is 0 Å². The Labute approximate surface area is 81.1 Å². The fraction of sp³-hybridized carbons (Fsp3) is 0.375. The van der Waals surface area contributed by atoms with E-state index < -0.39 is 0 Å². The van der Waals surface area contributed by atoms with E-state index in [1.807, 2.05) is 19.1 Å². The fourth-order valence-corrected chi connectivity index (χ4v) is 1.73. The molecule has 0 amide bonds. The number of alkyl halides is 1. The van der Waals surface area contributed by atoms with E-state index in [9.17, 15) is 0 Å². The van der Waals surface area contributed by atoms with Gasteiger partial charge in [0, 0.05) is 5.88 Å². The molecule has 1 aromatic heterocycles. The van der Waals surface area contributed by atoms with Crippen LogP contribution in [0.15, 0.2) is 6.08 Å². The summed E-state index contributed by atoms with van der Waals surface area (Å²) in [5.74, 6) is 0.657. The summed E-state index contributed by atoms with van der Waals surface area (Å²) in [5, 5.41) is 0.623. The number of hydrogen-bond acceptors (Lipinski definition) is 3. The van der Waals surface area contributed by atoms with Crippen LogP contribution in [0.25, 0.3) is 6.08 Å². The molecule has 1 heterocycles. The monoisotopic (exact) mass is 202 g/mol. The van der Waals surface area contributed by atoms with Gasteiger partial charge in [-0.25, -0.2) is 4.98 Å². The summed E-state index contributed by atoms with van der Waals surface area (Å²) in [6, 6.07) is 0. The van der Waals surface area contributed by atoms with Crippen LogP contribution in [0.4, 0.5) is 5.13 Å². The summed E-state index contributed by atoms with van der Waals surface area (Å²) in [7, 11) is 0. The van der Waals surface area contributed by atoms with E-state index in [1.165, 1.54) is 11.3 Å². The highest BCUT2D eigenvalue weighted by atomic mass is 35.5. The smallest absolute Gasteiger partial charge is 0.180 e. The Balaban J connectivity index is 2.68. The van der Waals surface area contributed by atoms with Crippen molar-refractivity contribution >= 4 is 34.1 Å². The van der Waals surface area contributed by atoms with Crippen molar-refractivity contribution in [2.75, 3.05) is 11.6 Å². The zero-order valence-corrected chi connectivity index (χ0v) is 8.45. The predicted molar refractivity (Wildman–Crippen MR) is 55.6 cm³/mol. The minimum Gasteiger partial charge on any atom is -0.375 e. The SMILES string of the molecule is Cc1nc(N)sc1C=CCCCl. The lowest BCUT2D eigenvalue weighted by atomic mass is 10.3. The molecule has 0 unspecified atom stereocenters. The Hall–Kier alpha value is -0.540. The number of rotatable bonds is 3. The average molecular weight is 203 g/mol. The number of halogens is 1. The Morgan fingerprint density at radius 2 is 2.42 bits per heavy atom. The zero-order chi connectivity index (χ0) is 8.97. The third-order valence-corrected chi connectivity index (χ3v) is 2.56. The van der Waals surface area contributed by atoms with Gasteiger partial charge < -0.3 is 5.73 Å². The van der Waals surface area contributed by atoms with Crippen molar-refractivity contribution in [2.24, 2.45) is 0 Å². The average Bonchev–Trinajstić information content (AvgIpc) is 2.31. The van der Waals surface area contributed by atoms with Crippen LogP contribution in [0.5, 0.6) is 0 Å². The van der Waals surface area contributed by atoms with Crippen LogP contribution in [0.1, 0.15) is 17.0 Å². The molecule has 0 saturated heterocycles. The van der Waals surface area contributed by atoms with Gasteiger partial charge in [-0.2, -0.15) is 0 Å². The number of nitrogens with two attached hydrogens (primary N) is 1. The molecule has 12 heavy (non-hydrogen) atoms. The molecule has 0 radical (unpaired) electrons. The molecular weight excluding hydrogens is 192 g/mol. The number of allylic oxidation sites excluding steroid dienone is 1. The van der Waals surface area contributed by atoms with Crippen LogP contribution in [-0.2, 0) is 0 Å². The first-order valence-electron chi connectivity index (χ1n) is 3.69. The number of thiazole rings is 1. The molecule has 0 saturated carbocycles. The van der Waals surface area contributed by atoms with Crippen LogP contribution >= 0.6 is 22.9 Å². The van der Waals surface area contributed by atoms with E-state index in [1.54, 1.807) is 0 Å². The molecule has 1 rings (SSSR count). The van der Waals surface area contributed by atoms with Gasteiger partial charge in [0.2, 0.25) is 0 Å². The van der Waals surface area contributed by atoms with Gasteiger partial charge in [-0.15, -0.1) is 11.6 Å². The quantitative estimate of drug-likeness (QED) is 0.766. The molecule has 0 aliphatic heterocycles. The molecule has 0 bridgehead atoms. The number of anilines is 1. The molecule has 0 atom stereocenters. The molecule has 2 nitrogen and oxygen atoms in total. The number of aryl methyl sites for hydroxylation is 1. The predicted octanol–water partition coefficient (Wildman–Crippen LogP) is 2.68. The van der Waals surface area contributed by atoms with Crippen molar-refractivity contribution in [2.45, 2.75) is 13.3 Å². The van der Waals surface area contributed by atoms with Crippen molar-refractivity contribution in [3.8, 4) is 0 Å². The van der Waals surface area contributed by atoms with Gasteiger partial charge in [-0.05, 0) is 19.4 Å². The molecule has 0 aliphatic carbocycles. The van der Waals surface area contributed by atoms with E-state index in [2.05, 4.69) is 4.98 Å². The summed E-state index contributed by atoms with van der Waals surface area (Å²) < 4.78 is 0. The Kier molecular flexibility index (Phi) is 3.56. The molecule has 0 aliphatic rings. The number of hydrogen-bond donors (Lipinski definition) is 1. The molecule has 0 aromatic carbocycles. The normalized spacial score (nSPS) is 11.2. The molecule has 4 heteroatoms. The molecule has 0 spiro atoms. The molecule has 1 aromatic rings. The van der Waals surface area contributed by atoms with Crippen LogP contribution in [0, 0.1) is 6.92 Å². The maximum absolute atomic E-state index is 5.53. The minimum absolute atomic E-state index is 0.623. The lowest BCUT2D eigenvalue weighted by Gasteiger charge is -1.85. The van der Waals surface area contributed by atoms with Gasteiger partial charge in [0.05, 0.1) is 10.6 Å². The van der Waals surface area contributed by atoms with Gasteiger partial charge in [0.25, 0.3) is 0 Å². The largest absolute Gasteiger partial charge is 0.375 e. The maximum atomic E-state index is 5.53. The van der Waals surface area contributed by atoms with Crippen molar-refractivity contribution in [1.82, 2.24) is 4.98 Å². The number of nitrogen functional groups attached to an aromatic ring is 1. The zero-order valence-electron chi connectivity index (χ0n) is 6.88. The van der Waals surface area contributed by atoms with Crippen LogP contribution in [0.3, 0.4) is 0 Å². The standard InChI is InChI=1S/C8H11ClN2S/c1-6-7(4-2-3-5-9)12-8(10)11-6/h2,4H,3,5H2,1H3,(H2,10,11). The van der Waals surface area contributed by atoms with E-state index in [0.29, 0.717) is 11.0 Å². The summed E-state index contributed by atoms with van der Waals surface area (Å²) in [6.07, 6.45) is 4.94. The Morgan fingerprint density at radius 1 is 1.67 bits per heavy atom. The number of nitrogens with zero attached hydrogens (tertiary/aromatic N) is 1. The van der Waals surface area contributed by atoms with E-state index in [-0.39, 0.29) is 0 Å². The Bertz CT molecular complexity index is 281. The topological polar surface area (TPSA) is 38.9 Å². The number of aromatic nitrogens is 1. The van der Waals surface area contributed by atoms with Crippen molar-refractivity contribution in [3.63, 3.8) is 0 Å². The second kappa shape index (κ2) is 4.48. The lowest BCUT2D eigenvalue weighted by molar-refractivity contribution is 1.24. The summed E-state index contributed by atoms with van der Waals surface area (Å²) in [6.45, 7) is 1.95. The third-order valence-electron chi connectivity index (χ3n) is 1.39. The molecule has 0 fully saturated rings. The fourth-order valence-electron chi connectivity index (χ4n) is 0.838. The van der Waals surface area contributed by atoms with E-state index in [4.69, 9.17) is 17.3 Å². The summed E-state index contributed by atoms with van der Waals surface area (Å²) in [4.78, 5) is 5.22. The van der Waals surface area contributed by atoms with Crippen molar-refractivity contribution in [1.29, 1.82) is 0 Å². The van der Waals surface area contributed by atoms with E-state index >= 15 is 0 Å². The minimum atomic E-state index is 0.623. The Morgan fingerprint density at radius 3 is 2.92 bits per heavy atom. The van der Waals surface area contributed by atoms with Crippen LogP contribution < -0.4 is 5.73 Å². The second-order valence-electron chi connectivity index (χ2n) is 2.38. The van der Waals surface area contributed by atoms with Gasteiger partial charge in [-0.1, -0.05) is 17.4 Å². The maximum Gasteiger partial charge on any atom is 0.180 e.